The van der Waals surface area contributed by atoms with Crippen LogP contribution in [0.1, 0.15) is 18.4 Å². The maximum Gasteiger partial charge on any atom is 0.0446 e. The summed E-state index contributed by atoms with van der Waals surface area (Å²) < 4.78 is 0. The second-order valence-electron chi connectivity index (χ2n) is 5.00. The molecular weight excluding hydrogens is 295 g/mol. The van der Waals surface area contributed by atoms with Crippen LogP contribution in [0.2, 0.25) is 0 Å². The number of rotatable bonds is 6. The van der Waals surface area contributed by atoms with Gasteiger partial charge in [0.15, 0.2) is 0 Å². The zero-order valence-corrected chi connectivity index (χ0v) is 13.5. The lowest BCUT2D eigenvalue weighted by Gasteiger charge is -2.36. The Morgan fingerprint density at radius 2 is 1.95 bits per heavy atom. The minimum atomic E-state index is 0. The van der Waals surface area contributed by atoms with Gasteiger partial charge in [-0.1, -0.05) is 30.3 Å². The van der Waals surface area contributed by atoms with Crippen LogP contribution in [0.25, 0.3) is 0 Å². The fourth-order valence-corrected chi connectivity index (χ4v) is 2.66. The van der Waals surface area contributed by atoms with E-state index in [0.717, 1.165) is 39.0 Å². The number of nitrogens with one attached hydrogen (secondary N) is 1. The number of benzene rings is 1. The molecule has 0 bridgehead atoms. The van der Waals surface area contributed by atoms with Crippen molar-refractivity contribution in [3.05, 3.63) is 35.9 Å². The van der Waals surface area contributed by atoms with Gasteiger partial charge in [-0.05, 0) is 31.4 Å². The maximum absolute atomic E-state index is 9.09. The molecule has 0 amide bonds. The molecule has 0 aliphatic carbocycles. The Morgan fingerprint density at radius 1 is 1.20 bits per heavy atom. The predicted octanol–water partition coefficient (Wildman–Crippen LogP) is 2.12. The normalized spacial score (nSPS) is 18.9. The summed E-state index contributed by atoms with van der Waals surface area (Å²) >= 11 is 0. The first-order chi connectivity index (χ1) is 8.90. The molecule has 1 unspecified atom stereocenters. The molecule has 5 heteroatoms. The van der Waals surface area contributed by atoms with Crippen molar-refractivity contribution >= 4 is 24.8 Å². The van der Waals surface area contributed by atoms with E-state index in [9.17, 15) is 0 Å². The van der Waals surface area contributed by atoms with E-state index in [1.807, 2.05) is 0 Å². The van der Waals surface area contributed by atoms with E-state index in [1.54, 1.807) is 0 Å². The summed E-state index contributed by atoms with van der Waals surface area (Å²) in [6.07, 6.45) is 3.24. The van der Waals surface area contributed by atoms with Gasteiger partial charge in [-0.25, -0.2) is 0 Å². The highest BCUT2D eigenvalue weighted by molar-refractivity contribution is 5.85. The topological polar surface area (TPSA) is 35.5 Å². The van der Waals surface area contributed by atoms with E-state index < -0.39 is 0 Å². The second-order valence-corrected chi connectivity index (χ2v) is 5.00. The SMILES string of the molecule is Cl.Cl.OCCC1CNCCN1CCCc1ccccc1. The van der Waals surface area contributed by atoms with Crippen LogP contribution < -0.4 is 5.32 Å². The Morgan fingerprint density at radius 3 is 2.65 bits per heavy atom. The molecule has 1 aliphatic rings. The van der Waals surface area contributed by atoms with Crippen LogP contribution in [0.5, 0.6) is 0 Å². The van der Waals surface area contributed by atoms with Gasteiger partial charge in [-0.15, -0.1) is 24.8 Å². The number of aryl methyl sites for hydroxylation is 1. The Bertz CT molecular complexity index is 336. The molecule has 1 heterocycles. The summed E-state index contributed by atoms with van der Waals surface area (Å²) in [5, 5.41) is 12.5. The van der Waals surface area contributed by atoms with Gasteiger partial charge >= 0.3 is 0 Å². The first-order valence-electron chi connectivity index (χ1n) is 6.99. The molecule has 2 N–H and O–H groups in total. The van der Waals surface area contributed by atoms with Crippen molar-refractivity contribution in [1.29, 1.82) is 0 Å². The highest BCUT2D eigenvalue weighted by Crippen LogP contribution is 2.10. The van der Waals surface area contributed by atoms with Crippen LogP contribution in [-0.2, 0) is 6.42 Å². The Hall–Kier alpha value is -0.320. The zero-order chi connectivity index (χ0) is 12.6. The third kappa shape index (κ3) is 6.42. The Kier molecular flexibility index (Phi) is 11.2. The van der Waals surface area contributed by atoms with Crippen LogP contribution in [0.4, 0.5) is 0 Å². The minimum Gasteiger partial charge on any atom is -0.396 e. The van der Waals surface area contributed by atoms with Crippen molar-refractivity contribution < 1.29 is 5.11 Å². The van der Waals surface area contributed by atoms with Gasteiger partial charge in [0, 0.05) is 32.3 Å². The third-order valence-electron chi connectivity index (χ3n) is 3.69. The molecule has 1 aliphatic heterocycles. The lowest BCUT2D eigenvalue weighted by Crippen LogP contribution is -2.51. The highest BCUT2D eigenvalue weighted by atomic mass is 35.5. The fraction of sp³-hybridized carbons (Fsp3) is 0.600. The molecule has 1 atom stereocenters. The number of nitrogens with zero attached hydrogens (tertiary/aromatic N) is 1. The highest BCUT2D eigenvalue weighted by Gasteiger charge is 2.20. The van der Waals surface area contributed by atoms with Crippen LogP contribution in [-0.4, -0.2) is 48.8 Å². The van der Waals surface area contributed by atoms with Crippen LogP contribution >= 0.6 is 24.8 Å². The summed E-state index contributed by atoms with van der Waals surface area (Å²) in [4.78, 5) is 2.52. The van der Waals surface area contributed by atoms with Crippen molar-refractivity contribution in [3.63, 3.8) is 0 Å². The molecule has 0 aromatic heterocycles. The van der Waals surface area contributed by atoms with Crippen molar-refractivity contribution in [2.45, 2.75) is 25.3 Å². The Labute approximate surface area is 134 Å². The zero-order valence-electron chi connectivity index (χ0n) is 11.8. The molecule has 20 heavy (non-hydrogen) atoms. The first-order valence-corrected chi connectivity index (χ1v) is 6.99. The van der Waals surface area contributed by atoms with Gasteiger partial charge in [0.05, 0.1) is 0 Å². The van der Waals surface area contributed by atoms with Crippen LogP contribution in [0.3, 0.4) is 0 Å². The van der Waals surface area contributed by atoms with Gasteiger partial charge in [-0.3, -0.25) is 4.90 Å². The van der Waals surface area contributed by atoms with E-state index in [2.05, 4.69) is 40.5 Å². The molecule has 0 saturated carbocycles. The van der Waals surface area contributed by atoms with Gasteiger partial charge in [0.1, 0.15) is 0 Å². The van der Waals surface area contributed by atoms with Crippen molar-refractivity contribution in [2.75, 3.05) is 32.8 Å². The third-order valence-corrected chi connectivity index (χ3v) is 3.69. The van der Waals surface area contributed by atoms with Gasteiger partial charge in [-0.2, -0.15) is 0 Å². The molecule has 1 fully saturated rings. The van der Waals surface area contributed by atoms with E-state index in [4.69, 9.17) is 5.11 Å². The molecule has 1 aromatic carbocycles. The van der Waals surface area contributed by atoms with Gasteiger partial charge in [0.25, 0.3) is 0 Å². The molecule has 3 nitrogen and oxygen atoms in total. The average molecular weight is 321 g/mol. The van der Waals surface area contributed by atoms with E-state index in [-0.39, 0.29) is 24.8 Å². The standard InChI is InChI=1S/C15H24N2O.2ClH/c18-12-8-15-13-16-9-11-17(15)10-4-7-14-5-2-1-3-6-14;;/h1-3,5-6,15-16,18H,4,7-13H2;2*1H. The van der Waals surface area contributed by atoms with E-state index in [1.165, 1.54) is 12.0 Å². The Balaban J connectivity index is 0.00000180. The number of hydrogen-bond donors (Lipinski definition) is 2. The number of aliphatic hydroxyl groups excluding tert-OH is 1. The largest absolute Gasteiger partial charge is 0.396 e. The molecule has 0 radical (unpaired) electrons. The van der Waals surface area contributed by atoms with Crippen LogP contribution in [0, 0.1) is 0 Å². The lowest BCUT2D eigenvalue weighted by atomic mass is 10.1. The monoisotopic (exact) mass is 320 g/mol. The van der Waals surface area contributed by atoms with Crippen molar-refractivity contribution in [1.82, 2.24) is 10.2 Å². The number of aliphatic hydroxyl groups is 1. The minimum absolute atomic E-state index is 0. The molecule has 2 rings (SSSR count). The maximum atomic E-state index is 9.09. The van der Waals surface area contributed by atoms with Gasteiger partial charge in [0.2, 0.25) is 0 Å². The summed E-state index contributed by atoms with van der Waals surface area (Å²) in [6, 6.07) is 11.2. The van der Waals surface area contributed by atoms with Crippen LogP contribution in [0.15, 0.2) is 30.3 Å². The van der Waals surface area contributed by atoms with E-state index >= 15 is 0 Å². The fourth-order valence-electron chi connectivity index (χ4n) is 2.66. The molecule has 1 aromatic rings. The molecular formula is C15H26Cl2N2O. The summed E-state index contributed by atoms with van der Waals surface area (Å²) in [6.45, 7) is 4.64. The summed E-state index contributed by atoms with van der Waals surface area (Å²) in [5.41, 5.74) is 1.42. The first kappa shape index (κ1) is 19.7. The van der Waals surface area contributed by atoms with E-state index in [0.29, 0.717) is 12.6 Å². The van der Waals surface area contributed by atoms with Crippen molar-refractivity contribution in [2.24, 2.45) is 0 Å². The molecule has 116 valence electrons. The predicted molar refractivity (Wildman–Crippen MR) is 89.2 cm³/mol. The number of piperazine rings is 1. The number of hydrogen-bond acceptors (Lipinski definition) is 3. The lowest BCUT2D eigenvalue weighted by molar-refractivity contribution is 0.129. The summed E-state index contributed by atoms with van der Waals surface area (Å²) in [7, 11) is 0. The average Bonchev–Trinajstić information content (AvgIpc) is 2.42. The number of halogens is 2. The van der Waals surface area contributed by atoms with Crippen molar-refractivity contribution in [3.8, 4) is 0 Å². The smallest absolute Gasteiger partial charge is 0.0446 e. The quantitative estimate of drug-likeness (QED) is 0.842. The van der Waals surface area contributed by atoms with Gasteiger partial charge < -0.3 is 10.4 Å². The molecule has 0 spiro atoms. The molecule has 1 saturated heterocycles. The second kappa shape index (κ2) is 11.4. The summed E-state index contributed by atoms with van der Waals surface area (Å²) in [5.74, 6) is 0.